The molecule has 0 aliphatic heterocycles. The fourth-order valence-corrected chi connectivity index (χ4v) is 3.04. The van der Waals surface area contributed by atoms with Crippen LogP contribution in [0.5, 0.6) is 0 Å². The molecule has 0 radical (unpaired) electrons. The van der Waals surface area contributed by atoms with E-state index in [1.54, 1.807) is 13.2 Å². The number of benzene rings is 1. The Kier molecular flexibility index (Phi) is 7.13. The molecule has 1 aromatic carbocycles. The summed E-state index contributed by atoms with van der Waals surface area (Å²) in [7, 11) is -2.20. The molecule has 0 atom stereocenters. The third-order valence-corrected chi connectivity index (χ3v) is 4.52. The summed E-state index contributed by atoms with van der Waals surface area (Å²) in [5, 5.41) is 12.1. The first-order valence-corrected chi connectivity index (χ1v) is 9.56. The number of nitrogens with two attached hydrogens (primary N) is 1. The van der Waals surface area contributed by atoms with Gasteiger partial charge in [-0.15, -0.1) is 0 Å². The number of hydrogen-bond acceptors (Lipinski definition) is 6. The largest absolute Gasteiger partial charge is 0.460 e. The maximum Gasteiger partial charge on any atom is 0.320 e. The Hall–Kier alpha value is -2.43. The first-order valence-electron chi connectivity index (χ1n) is 8.05. The lowest BCUT2D eigenvalue weighted by Crippen LogP contribution is -2.38. The van der Waals surface area contributed by atoms with Gasteiger partial charge < -0.3 is 10.1 Å². The number of aryl methyl sites for hydroxylation is 1. The fraction of sp³-hybridized carbons (Fsp3) is 0.375. The fourth-order valence-electron chi connectivity index (χ4n) is 2.27. The molecular weight excluding hydrogens is 358 g/mol. The minimum Gasteiger partial charge on any atom is -0.460 e. The smallest absolute Gasteiger partial charge is 0.320 e. The van der Waals surface area contributed by atoms with Gasteiger partial charge in [-0.25, -0.2) is 5.14 Å². The molecule has 142 valence electrons. The van der Waals surface area contributed by atoms with Gasteiger partial charge in [-0.3, -0.25) is 13.8 Å². The molecule has 1 heterocycles. The van der Waals surface area contributed by atoms with Crippen LogP contribution in [0.2, 0.25) is 0 Å². The Bertz CT molecular complexity index is 807. The second-order valence-corrected chi connectivity index (χ2v) is 7.14. The summed E-state index contributed by atoms with van der Waals surface area (Å²) >= 11 is 0. The van der Waals surface area contributed by atoms with E-state index in [1.165, 1.54) is 10.9 Å². The Morgan fingerprint density at radius 2 is 2.08 bits per heavy atom. The summed E-state index contributed by atoms with van der Waals surface area (Å²) < 4.78 is 31.1. The molecule has 26 heavy (non-hydrogen) atoms. The van der Waals surface area contributed by atoms with Gasteiger partial charge in [0.1, 0.15) is 6.61 Å². The van der Waals surface area contributed by atoms with Crippen LogP contribution in [-0.2, 0) is 33.4 Å². The van der Waals surface area contributed by atoms with E-state index in [0.717, 1.165) is 9.87 Å². The number of anilines is 1. The quantitative estimate of drug-likeness (QED) is 0.447. The maximum atomic E-state index is 11.7. The van der Waals surface area contributed by atoms with Crippen LogP contribution in [0.1, 0.15) is 12.0 Å². The first kappa shape index (κ1) is 19.9. The van der Waals surface area contributed by atoms with E-state index < -0.39 is 10.2 Å². The highest BCUT2D eigenvalue weighted by Crippen LogP contribution is 2.14. The SMILES string of the molecule is Cn1cc(N(CCCNCC(=O)OCc2ccccc2)S(N)(=O)=O)cn1. The van der Waals surface area contributed by atoms with Gasteiger partial charge in [-0.1, -0.05) is 30.3 Å². The average Bonchev–Trinajstić information content (AvgIpc) is 3.01. The molecule has 2 rings (SSSR count). The molecule has 9 nitrogen and oxygen atoms in total. The molecule has 3 N–H and O–H groups in total. The van der Waals surface area contributed by atoms with Gasteiger partial charge in [-0.05, 0) is 18.5 Å². The number of nitrogens with zero attached hydrogens (tertiary/aromatic N) is 3. The van der Waals surface area contributed by atoms with Crippen molar-refractivity contribution in [2.45, 2.75) is 13.0 Å². The van der Waals surface area contributed by atoms with Gasteiger partial charge in [0.05, 0.1) is 18.4 Å². The van der Waals surface area contributed by atoms with Gasteiger partial charge in [0.2, 0.25) is 0 Å². The third-order valence-electron chi connectivity index (χ3n) is 3.51. The summed E-state index contributed by atoms with van der Waals surface area (Å²) in [6.45, 7) is 0.889. The number of nitrogens with one attached hydrogen (secondary N) is 1. The summed E-state index contributed by atoms with van der Waals surface area (Å²) in [6.07, 6.45) is 3.47. The predicted molar refractivity (Wildman–Crippen MR) is 97.4 cm³/mol. The summed E-state index contributed by atoms with van der Waals surface area (Å²) in [4.78, 5) is 11.7. The van der Waals surface area contributed by atoms with Crippen LogP contribution in [0.15, 0.2) is 42.7 Å². The molecule has 2 aromatic rings. The van der Waals surface area contributed by atoms with Gasteiger partial charge in [0.25, 0.3) is 10.2 Å². The van der Waals surface area contributed by atoms with E-state index >= 15 is 0 Å². The Morgan fingerprint density at radius 1 is 1.35 bits per heavy atom. The minimum atomic E-state index is -3.89. The number of rotatable bonds is 10. The van der Waals surface area contributed by atoms with E-state index in [0.29, 0.717) is 18.7 Å². The van der Waals surface area contributed by atoms with Crippen molar-refractivity contribution in [3.63, 3.8) is 0 Å². The molecule has 0 unspecified atom stereocenters. The van der Waals surface area contributed by atoms with Crippen molar-refractivity contribution in [1.82, 2.24) is 15.1 Å². The zero-order chi connectivity index (χ0) is 19.0. The highest BCUT2D eigenvalue weighted by molar-refractivity contribution is 7.90. The van der Waals surface area contributed by atoms with Crippen LogP contribution >= 0.6 is 0 Å². The molecule has 0 saturated carbocycles. The molecule has 1 aromatic heterocycles. The lowest BCUT2D eigenvalue weighted by molar-refractivity contribution is -0.143. The number of esters is 1. The van der Waals surface area contributed by atoms with Gasteiger partial charge in [-0.2, -0.15) is 13.5 Å². The minimum absolute atomic E-state index is 0.0507. The molecule has 0 amide bonds. The van der Waals surface area contributed by atoms with Gasteiger partial charge >= 0.3 is 5.97 Å². The monoisotopic (exact) mass is 381 g/mol. The first-order chi connectivity index (χ1) is 12.4. The van der Waals surface area contributed by atoms with Crippen molar-refractivity contribution in [1.29, 1.82) is 0 Å². The Morgan fingerprint density at radius 3 is 2.69 bits per heavy atom. The van der Waals surface area contributed by atoms with E-state index in [9.17, 15) is 13.2 Å². The van der Waals surface area contributed by atoms with E-state index in [4.69, 9.17) is 9.88 Å². The second-order valence-electron chi connectivity index (χ2n) is 5.67. The van der Waals surface area contributed by atoms with Crippen molar-refractivity contribution in [3.05, 3.63) is 48.3 Å². The summed E-state index contributed by atoms with van der Waals surface area (Å²) in [5.74, 6) is -0.371. The van der Waals surface area contributed by atoms with Crippen molar-refractivity contribution in [2.24, 2.45) is 12.2 Å². The predicted octanol–water partition coefficient (Wildman–Crippen LogP) is 0.153. The highest BCUT2D eigenvalue weighted by Gasteiger charge is 2.18. The Labute approximate surface area is 152 Å². The lowest BCUT2D eigenvalue weighted by Gasteiger charge is -2.19. The van der Waals surface area contributed by atoms with Crippen LogP contribution in [0.3, 0.4) is 0 Å². The van der Waals surface area contributed by atoms with E-state index in [2.05, 4.69) is 10.4 Å². The van der Waals surface area contributed by atoms with Crippen molar-refractivity contribution < 1.29 is 17.9 Å². The van der Waals surface area contributed by atoms with Crippen LogP contribution in [0.4, 0.5) is 5.69 Å². The molecular formula is C16H23N5O4S. The molecule has 0 aliphatic rings. The molecule has 0 bridgehead atoms. The normalized spacial score (nSPS) is 11.3. The molecule has 0 fully saturated rings. The zero-order valence-corrected chi connectivity index (χ0v) is 15.4. The molecule has 0 aliphatic carbocycles. The highest BCUT2D eigenvalue weighted by atomic mass is 32.2. The summed E-state index contributed by atoms with van der Waals surface area (Å²) in [6, 6.07) is 9.40. The molecule has 10 heteroatoms. The number of hydrogen-bond donors (Lipinski definition) is 2. The number of carbonyl (C=O) groups is 1. The third kappa shape index (κ3) is 6.47. The average molecular weight is 381 g/mol. The van der Waals surface area contributed by atoms with Crippen molar-refractivity contribution in [3.8, 4) is 0 Å². The van der Waals surface area contributed by atoms with Crippen molar-refractivity contribution in [2.75, 3.05) is 23.9 Å². The molecule has 0 saturated heterocycles. The number of aromatic nitrogens is 2. The zero-order valence-electron chi connectivity index (χ0n) is 14.5. The standard InChI is InChI=1S/C16H23N5O4S/c1-20-12-15(10-19-20)21(26(17,23)24)9-5-8-18-11-16(22)25-13-14-6-3-2-4-7-14/h2-4,6-7,10,12,18H,5,8-9,11,13H2,1H3,(H2,17,23,24). The van der Waals surface area contributed by atoms with Gasteiger partial charge in [0, 0.05) is 19.8 Å². The van der Waals surface area contributed by atoms with Crippen LogP contribution < -0.4 is 14.8 Å². The van der Waals surface area contributed by atoms with Crippen molar-refractivity contribution >= 4 is 21.9 Å². The van der Waals surface area contributed by atoms with Crippen LogP contribution in [0.25, 0.3) is 0 Å². The van der Waals surface area contributed by atoms with Crippen LogP contribution in [-0.4, -0.2) is 43.8 Å². The number of ether oxygens (including phenoxy) is 1. The van der Waals surface area contributed by atoms with E-state index in [-0.39, 0.29) is 25.7 Å². The van der Waals surface area contributed by atoms with Crippen LogP contribution in [0, 0.1) is 0 Å². The lowest BCUT2D eigenvalue weighted by atomic mass is 10.2. The maximum absolute atomic E-state index is 11.7. The number of carbonyl (C=O) groups excluding carboxylic acids is 1. The second kappa shape index (κ2) is 9.32. The molecule has 0 spiro atoms. The van der Waals surface area contributed by atoms with E-state index in [1.807, 2.05) is 30.3 Å². The topological polar surface area (TPSA) is 120 Å². The summed E-state index contributed by atoms with van der Waals surface area (Å²) in [5.41, 5.74) is 1.32. The Balaban J connectivity index is 1.69. The van der Waals surface area contributed by atoms with Gasteiger partial charge in [0.15, 0.2) is 0 Å².